The highest BCUT2D eigenvalue weighted by Gasteiger charge is 2.59. The number of aliphatic hydroxyl groups is 4. The number of H-pyrrole nitrogens is 1. The molecule has 9 amide bonds. The summed E-state index contributed by atoms with van der Waals surface area (Å²) in [4.78, 5) is 131. The average Bonchev–Trinajstić information content (AvgIpc) is 1.60. The molecule has 5 heterocycles. The van der Waals surface area contributed by atoms with Crippen molar-refractivity contribution in [1.82, 2.24) is 56.6 Å². The monoisotopic (exact) mass is 1350 g/mol. The predicted octanol–water partition coefficient (Wildman–Crippen LogP) is 1.88. The molecule has 15 atom stereocenters. The first-order valence-electron chi connectivity index (χ1n) is 34.6. The van der Waals surface area contributed by atoms with Crippen LogP contribution in [0.25, 0.3) is 0 Å². The molecule has 5 rings (SSSR count). The highest BCUT2D eigenvalue weighted by atomic mass is 16.7. The van der Waals surface area contributed by atoms with Gasteiger partial charge in [-0.2, -0.15) is 0 Å². The molecule has 0 spiro atoms. The van der Waals surface area contributed by atoms with Gasteiger partial charge in [0.2, 0.25) is 11.8 Å². The van der Waals surface area contributed by atoms with Gasteiger partial charge in [0.1, 0.15) is 66.9 Å². The molecule has 1 aromatic heterocycles. The highest BCUT2D eigenvalue weighted by molar-refractivity contribution is 6.04. The fourth-order valence-corrected chi connectivity index (χ4v) is 12.4. The minimum absolute atomic E-state index is 0.0433. The lowest BCUT2D eigenvalue weighted by Gasteiger charge is -2.36. The first kappa shape index (κ1) is 79.2. The molecule has 4 aliphatic rings. The van der Waals surface area contributed by atoms with E-state index in [0.717, 1.165) is 90.8 Å². The predicted molar refractivity (Wildman–Crippen MR) is 350 cm³/mol. The molecule has 31 heteroatoms. The Morgan fingerprint density at radius 1 is 0.705 bits per heavy atom. The minimum atomic E-state index is -1.97. The third-order valence-electron chi connectivity index (χ3n) is 18.0. The Hall–Kier alpha value is -6.48. The van der Waals surface area contributed by atoms with Crippen molar-refractivity contribution in [2.75, 3.05) is 46.4 Å². The number of nitrogens with two attached hydrogens (primary N) is 1. The zero-order chi connectivity index (χ0) is 69.7. The molecule has 0 bridgehead atoms. The molecule has 0 aliphatic carbocycles. The first-order chi connectivity index (χ1) is 45.4. The van der Waals surface area contributed by atoms with E-state index in [1.165, 1.54) is 58.5 Å². The Kier molecular flexibility index (Phi) is 34.1. The number of nitrogens with one attached hydrogen (secondary N) is 8. The number of carboxylic acid groups (broad SMARTS) is 1. The van der Waals surface area contributed by atoms with Crippen molar-refractivity contribution in [3.63, 3.8) is 0 Å². The van der Waals surface area contributed by atoms with Crippen LogP contribution in [0.3, 0.4) is 0 Å². The number of nitrogens with zero attached hydrogens (tertiary/aromatic N) is 4. The number of aromatic nitrogens is 2. The second-order valence-corrected chi connectivity index (χ2v) is 26.1. The van der Waals surface area contributed by atoms with E-state index in [1.54, 1.807) is 27.7 Å². The van der Waals surface area contributed by atoms with E-state index in [4.69, 9.17) is 24.7 Å². The maximum Gasteiger partial charge on any atom is 0.330 e. The molecule has 95 heavy (non-hydrogen) atoms. The van der Waals surface area contributed by atoms with Gasteiger partial charge in [-0.05, 0) is 37.5 Å². The lowest BCUT2D eigenvalue weighted by atomic mass is 9.97. The largest absolute Gasteiger partial charge is 0.480 e. The number of carboxylic acids is 1. The van der Waals surface area contributed by atoms with Crippen LogP contribution in [0.1, 0.15) is 189 Å². The van der Waals surface area contributed by atoms with Gasteiger partial charge in [-0.15, -0.1) is 0 Å². The van der Waals surface area contributed by atoms with Crippen LogP contribution in [0, 0.1) is 11.8 Å². The topological polar surface area (TPSA) is 441 Å². The van der Waals surface area contributed by atoms with Crippen molar-refractivity contribution >= 4 is 47.7 Å². The van der Waals surface area contributed by atoms with Gasteiger partial charge in [-0.1, -0.05) is 157 Å². The van der Waals surface area contributed by atoms with Crippen molar-refractivity contribution < 1.29 is 78.0 Å². The van der Waals surface area contributed by atoms with Crippen molar-refractivity contribution in [1.29, 1.82) is 0 Å². The molecule has 1 aromatic rings. The SMILES string of the molecule is CCCCCCCCCCCCNC(=O)NC[C@H]1OC(OC(C2C(=O)N(CCCCCCCCCCCC)C(=O)N2CCCNC(=O)C(NC(=O)C(NC(=O)NC(C(=O)O)C(C)C)C2CCN=C(N)N2)C(O)C(C)C)[C@H]2O[C@@H](n3ccc(=O)[nH]c3=O)[C@H](O)[C@H]2O)[C@@H](OC)[C@H]1O. The van der Waals surface area contributed by atoms with Gasteiger partial charge in [0, 0.05) is 58.6 Å². The lowest BCUT2D eigenvalue weighted by Crippen LogP contribution is -2.66. The third-order valence-corrected chi connectivity index (χ3v) is 18.0. The third kappa shape index (κ3) is 23.9. The summed E-state index contributed by atoms with van der Waals surface area (Å²) in [6.45, 7) is 10.4. The number of hydrogen-bond acceptors (Lipinski definition) is 20. The summed E-state index contributed by atoms with van der Waals surface area (Å²) in [6.07, 6.45) is 5.54. The minimum Gasteiger partial charge on any atom is -0.480 e. The Bertz CT molecular complexity index is 2720. The fourth-order valence-electron chi connectivity index (χ4n) is 12.4. The number of ether oxygens (including phenoxy) is 4. The van der Waals surface area contributed by atoms with Gasteiger partial charge in [0.15, 0.2) is 18.5 Å². The Balaban J connectivity index is 1.40. The molecule has 8 unspecified atom stereocenters. The first-order valence-corrected chi connectivity index (χ1v) is 34.6. The molecule has 3 fully saturated rings. The van der Waals surface area contributed by atoms with E-state index >= 15 is 4.79 Å². The van der Waals surface area contributed by atoms with E-state index in [-0.39, 0.29) is 51.5 Å². The van der Waals surface area contributed by atoms with Gasteiger partial charge in [-0.3, -0.25) is 38.6 Å². The molecule has 15 N–H and O–H groups in total. The quantitative estimate of drug-likeness (QED) is 0.0328. The van der Waals surface area contributed by atoms with Crippen molar-refractivity contribution in [2.45, 2.75) is 274 Å². The van der Waals surface area contributed by atoms with Crippen LogP contribution in [-0.2, 0) is 38.1 Å². The summed E-state index contributed by atoms with van der Waals surface area (Å²) in [6, 6.07) is -8.49. The molecule has 540 valence electrons. The zero-order valence-electron chi connectivity index (χ0n) is 56.7. The zero-order valence-corrected chi connectivity index (χ0v) is 56.7. The second kappa shape index (κ2) is 40.9. The van der Waals surface area contributed by atoms with Crippen LogP contribution in [0.15, 0.2) is 26.8 Å². The smallest absolute Gasteiger partial charge is 0.330 e. The molecular weight excluding hydrogens is 1240 g/mol. The van der Waals surface area contributed by atoms with Crippen molar-refractivity contribution in [3.05, 3.63) is 33.1 Å². The summed E-state index contributed by atoms with van der Waals surface area (Å²) in [5.74, 6) is -5.22. The molecule has 0 radical (unpaired) electrons. The molecule has 0 aromatic carbocycles. The molecule has 0 saturated carbocycles. The fraction of sp³-hybridized carbons (Fsp3) is 0.812. The number of rotatable bonds is 44. The van der Waals surface area contributed by atoms with Crippen LogP contribution in [0.5, 0.6) is 0 Å². The summed E-state index contributed by atoms with van der Waals surface area (Å²) in [5.41, 5.74) is 4.17. The number of urea groups is 3. The van der Waals surface area contributed by atoms with Crippen LogP contribution in [-0.4, -0.2) is 224 Å². The van der Waals surface area contributed by atoms with E-state index in [1.807, 2.05) is 0 Å². The number of aliphatic hydroxyl groups excluding tert-OH is 4. The van der Waals surface area contributed by atoms with Gasteiger partial charge < -0.3 is 92.3 Å². The number of aromatic amines is 1. The highest BCUT2D eigenvalue weighted by Crippen LogP contribution is 2.38. The number of carbonyl (C=O) groups is 7. The van der Waals surface area contributed by atoms with Crippen LogP contribution in [0.4, 0.5) is 14.4 Å². The number of carbonyl (C=O) groups excluding carboxylic acids is 6. The Morgan fingerprint density at radius 3 is 1.87 bits per heavy atom. The van der Waals surface area contributed by atoms with E-state index in [2.05, 4.69) is 61.0 Å². The van der Waals surface area contributed by atoms with Gasteiger partial charge >= 0.3 is 29.8 Å². The lowest BCUT2D eigenvalue weighted by molar-refractivity contribution is -0.233. The summed E-state index contributed by atoms with van der Waals surface area (Å²) >= 11 is 0. The van der Waals surface area contributed by atoms with Gasteiger partial charge in [-0.25, -0.2) is 24.0 Å². The number of amides is 9. The molecular formula is C64H111N13O18. The molecule has 31 nitrogen and oxygen atoms in total. The number of unbranched alkanes of at least 4 members (excludes halogenated alkanes) is 18. The second-order valence-electron chi connectivity index (χ2n) is 26.1. The number of hydrogen-bond donors (Lipinski definition) is 14. The molecule has 4 aliphatic heterocycles. The number of aliphatic imine (C=N–C) groups is 1. The van der Waals surface area contributed by atoms with Crippen LogP contribution < -0.4 is 54.2 Å². The van der Waals surface area contributed by atoms with E-state index < -0.39 is 156 Å². The van der Waals surface area contributed by atoms with Gasteiger partial charge in [0.05, 0.1) is 12.1 Å². The van der Waals surface area contributed by atoms with E-state index in [9.17, 15) is 63.9 Å². The van der Waals surface area contributed by atoms with Crippen molar-refractivity contribution in [2.24, 2.45) is 22.6 Å². The summed E-state index contributed by atoms with van der Waals surface area (Å²) < 4.78 is 25.7. The number of guanidine groups is 1. The summed E-state index contributed by atoms with van der Waals surface area (Å²) in [5, 5.41) is 75.1. The number of methoxy groups -OCH3 is 1. The van der Waals surface area contributed by atoms with Crippen LogP contribution >= 0.6 is 0 Å². The Morgan fingerprint density at radius 2 is 1.31 bits per heavy atom. The van der Waals surface area contributed by atoms with E-state index in [0.29, 0.717) is 19.4 Å². The van der Waals surface area contributed by atoms with Crippen LogP contribution in [0.2, 0.25) is 0 Å². The van der Waals surface area contributed by atoms with Gasteiger partial charge in [0.25, 0.3) is 11.5 Å². The number of imide groups is 1. The maximum atomic E-state index is 15.2. The standard InChI is InChI=1S/C64H111N13O18/c1-8-10-12-14-16-18-20-22-24-26-31-68-61(88)69-37-41-48(80)53(92-7)59(93-41)95-51(52-49(81)50(82)57(94-52)77-36-30-42(78)71-63(77)90)46-56(85)76(34-27-25-23-21-19-17-15-13-11-9-2)64(91)75(46)35-28-32-66-54(83)45(47(79)39(5)6)72-55(84)44(40-29-33-67-60(65)70-40)74-62(89)73-43(38(3)4)58(86)87/h30,36,38-41,43-53,57,59,79-82H,8-29,31-35,37H2,1-7H3,(H,66,83)(H,72,84)(H,86,87)(H3,65,67,70)(H2,68,69,88)(H,71,78,90)(H2,73,74,89)/t40?,41-,43?,44?,45?,46?,47?,48+,49-,50-,51?,52+,53+,57-,59?/m1/s1. The normalized spacial score (nSPS) is 24.4. The maximum absolute atomic E-state index is 15.2. The van der Waals surface area contributed by atoms with Crippen molar-refractivity contribution in [3.8, 4) is 0 Å². The average molecular weight is 1350 g/mol. The Labute approximate surface area is 556 Å². The summed E-state index contributed by atoms with van der Waals surface area (Å²) in [7, 11) is 1.26. The number of aliphatic carboxylic acids is 1. The molecule has 3 saturated heterocycles.